The van der Waals surface area contributed by atoms with Crippen LogP contribution in [0.5, 0.6) is 5.75 Å². The van der Waals surface area contributed by atoms with Crippen molar-refractivity contribution in [1.29, 1.82) is 0 Å². The summed E-state index contributed by atoms with van der Waals surface area (Å²) in [5, 5.41) is 6.21. The number of hydrogen-bond acceptors (Lipinski definition) is 3. The molecule has 1 saturated heterocycles. The summed E-state index contributed by atoms with van der Waals surface area (Å²) in [4.78, 5) is 12.0. The van der Waals surface area contributed by atoms with Gasteiger partial charge in [-0.05, 0) is 37.6 Å². The van der Waals surface area contributed by atoms with Crippen LogP contribution in [0.4, 0.5) is 8.78 Å². The first-order valence-corrected chi connectivity index (χ1v) is 6.70. The van der Waals surface area contributed by atoms with Gasteiger partial charge in [0.05, 0.1) is 5.56 Å². The smallest absolute Gasteiger partial charge is 0.387 e. The minimum Gasteiger partial charge on any atom is -0.434 e. The Morgan fingerprint density at radius 3 is 3.00 bits per heavy atom. The van der Waals surface area contributed by atoms with Gasteiger partial charge in [-0.2, -0.15) is 8.78 Å². The lowest BCUT2D eigenvalue weighted by atomic mass is 10.1. The van der Waals surface area contributed by atoms with Crippen molar-refractivity contribution in [2.24, 2.45) is 0 Å². The van der Waals surface area contributed by atoms with E-state index in [2.05, 4.69) is 15.4 Å². The van der Waals surface area contributed by atoms with E-state index in [4.69, 9.17) is 11.6 Å². The van der Waals surface area contributed by atoms with Crippen LogP contribution in [0.1, 0.15) is 23.2 Å². The van der Waals surface area contributed by atoms with Crippen molar-refractivity contribution in [2.45, 2.75) is 25.5 Å². The van der Waals surface area contributed by atoms with Gasteiger partial charge in [-0.3, -0.25) is 4.79 Å². The van der Waals surface area contributed by atoms with Crippen LogP contribution in [-0.4, -0.2) is 31.7 Å². The molecule has 0 spiro atoms. The van der Waals surface area contributed by atoms with Crippen LogP contribution in [0.25, 0.3) is 0 Å². The predicted molar refractivity (Wildman–Crippen MR) is 71.4 cm³/mol. The Hall–Kier alpha value is -1.40. The summed E-state index contributed by atoms with van der Waals surface area (Å²) in [6, 6.07) is 4.19. The summed E-state index contributed by atoms with van der Waals surface area (Å²) in [6.07, 6.45) is 2.05. The van der Waals surface area contributed by atoms with E-state index in [1.165, 1.54) is 18.2 Å². The Labute approximate surface area is 120 Å². The zero-order valence-corrected chi connectivity index (χ0v) is 11.4. The first kappa shape index (κ1) is 15.0. The van der Waals surface area contributed by atoms with E-state index < -0.39 is 12.5 Å². The number of benzene rings is 1. The van der Waals surface area contributed by atoms with Gasteiger partial charge in [-0.1, -0.05) is 11.6 Å². The van der Waals surface area contributed by atoms with Gasteiger partial charge in [0.25, 0.3) is 5.91 Å². The van der Waals surface area contributed by atoms with Crippen LogP contribution >= 0.6 is 11.6 Å². The van der Waals surface area contributed by atoms with Crippen molar-refractivity contribution in [3.63, 3.8) is 0 Å². The Morgan fingerprint density at radius 2 is 2.35 bits per heavy atom. The van der Waals surface area contributed by atoms with Crippen LogP contribution in [-0.2, 0) is 0 Å². The largest absolute Gasteiger partial charge is 0.434 e. The molecule has 0 bridgehead atoms. The average molecular weight is 305 g/mol. The molecule has 1 heterocycles. The third kappa shape index (κ3) is 4.05. The maximum absolute atomic E-state index is 12.3. The van der Waals surface area contributed by atoms with Gasteiger partial charge in [-0.15, -0.1) is 0 Å². The van der Waals surface area contributed by atoms with Gasteiger partial charge in [0.1, 0.15) is 5.75 Å². The number of amides is 1. The highest BCUT2D eigenvalue weighted by Crippen LogP contribution is 2.24. The summed E-state index contributed by atoms with van der Waals surface area (Å²) in [7, 11) is 0. The summed E-state index contributed by atoms with van der Waals surface area (Å²) >= 11 is 5.79. The van der Waals surface area contributed by atoms with Crippen LogP contribution in [0, 0.1) is 0 Å². The number of alkyl halides is 2. The number of ether oxygens (including phenoxy) is 1. The highest BCUT2D eigenvalue weighted by Gasteiger charge is 2.19. The van der Waals surface area contributed by atoms with E-state index in [9.17, 15) is 13.6 Å². The molecule has 2 N–H and O–H groups in total. The molecule has 4 nitrogen and oxygen atoms in total. The first-order chi connectivity index (χ1) is 9.56. The first-order valence-electron chi connectivity index (χ1n) is 6.32. The number of nitrogens with one attached hydrogen (secondary N) is 2. The van der Waals surface area contributed by atoms with Crippen molar-refractivity contribution in [1.82, 2.24) is 10.6 Å². The van der Waals surface area contributed by atoms with Crippen LogP contribution in [0.15, 0.2) is 18.2 Å². The standard InChI is InChI=1S/C13H15ClF2N2O2/c14-8-3-4-11(20-13(15)16)10(6-8)12(19)18-7-9-2-1-5-17-9/h3-4,6,9,13,17H,1-2,5,7H2,(H,18,19). The molecule has 1 atom stereocenters. The van der Waals surface area contributed by atoms with E-state index in [0.717, 1.165) is 19.4 Å². The lowest BCUT2D eigenvalue weighted by molar-refractivity contribution is -0.0501. The molecule has 1 aliphatic rings. The molecular weight excluding hydrogens is 290 g/mol. The monoisotopic (exact) mass is 304 g/mol. The highest BCUT2D eigenvalue weighted by molar-refractivity contribution is 6.31. The second-order valence-electron chi connectivity index (χ2n) is 4.52. The Kier molecular flexibility index (Phi) is 5.14. The second-order valence-corrected chi connectivity index (χ2v) is 4.96. The SMILES string of the molecule is O=C(NCC1CCCN1)c1cc(Cl)ccc1OC(F)F. The van der Waals surface area contributed by atoms with Gasteiger partial charge in [-0.25, -0.2) is 0 Å². The Balaban J connectivity index is 2.04. The molecule has 0 saturated carbocycles. The van der Waals surface area contributed by atoms with Gasteiger partial charge >= 0.3 is 6.61 Å². The van der Waals surface area contributed by atoms with E-state index in [0.29, 0.717) is 6.54 Å². The van der Waals surface area contributed by atoms with Crippen molar-refractivity contribution in [2.75, 3.05) is 13.1 Å². The van der Waals surface area contributed by atoms with Gasteiger partial charge in [0.15, 0.2) is 0 Å². The third-order valence-corrected chi connectivity index (χ3v) is 3.31. The quantitative estimate of drug-likeness (QED) is 0.878. The predicted octanol–water partition coefficient (Wildman–Crippen LogP) is 2.42. The van der Waals surface area contributed by atoms with E-state index in [1.54, 1.807) is 0 Å². The number of halogens is 3. The molecule has 110 valence electrons. The zero-order chi connectivity index (χ0) is 14.5. The van der Waals surface area contributed by atoms with Crippen molar-refractivity contribution >= 4 is 17.5 Å². The van der Waals surface area contributed by atoms with E-state index >= 15 is 0 Å². The summed E-state index contributed by atoms with van der Waals surface area (Å²) in [5.74, 6) is -0.655. The molecule has 1 aromatic carbocycles. The molecule has 1 fully saturated rings. The summed E-state index contributed by atoms with van der Waals surface area (Å²) < 4.78 is 28.9. The zero-order valence-electron chi connectivity index (χ0n) is 10.7. The van der Waals surface area contributed by atoms with Crippen LogP contribution in [0.2, 0.25) is 5.02 Å². The molecule has 0 radical (unpaired) electrons. The molecule has 0 aromatic heterocycles. The summed E-state index contributed by atoms with van der Waals surface area (Å²) in [5.41, 5.74) is 0.01000. The lowest BCUT2D eigenvalue weighted by Crippen LogP contribution is -2.37. The fourth-order valence-corrected chi connectivity index (χ4v) is 2.29. The van der Waals surface area contributed by atoms with Crippen molar-refractivity contribution in [3.05, 3.63) is 28.8 Å². The number of hydrogen-bond donors (Lipinski definition) is 2. The number of carbonyl (C=O) groups is 1. The number of rotatable bonds is 5. The topological polar surface area (TPSA) is 50.4 Å². The average Bonchev–Trinajstić information content (AvgIpc) is 2.90. The number of carbonyl (C=O) groups excluding carboxylic acids is 1. The Bertz CT molecular complexity index is 479. The highest BCUT2D eigenvalue weighted by atomic mass is 35.5. The van der Waals surface area contributed by atoms with E-state index in [1.807, 2.05) is 0 Å². The second kappa shape index (κ2) is 6.85. The molecule has 0 aliphatic carbocycles. The van der Waals surface area contributed by atoms with Crippen molar-refractivity contribution < 1.29 is 18.3 Å². The van der Waals surface area contributed by atoms with Gasteiger partial charge in [0, 0.05) is 17.6 Å². The van der Waals surface area contributed by atoms with Gasteiger partial charge in [0.2, 0.25) is 0 Å². The van der Waals surface area contributed by atoms with Crippen LogP contribution < -0.4 is 15.4 Å². The van der Waals surface area contributed by atoms with Crippen LogP contribution in [0.3, 0.4) is 0 Å². The Morgan fingerprint density at radius 1 is 1.55 bits per heavy atom. The normalized spacial score (nSPS) is 18.3. The summed E-state index contributed by atoms with van der Waals surface area (Å²) in [6.45, 7) is -1.61. The minimum atomic E-state index is -2.99. The molecule has 1 aliphatic heterocycles. The minimum absolute atomic E-state index is 0.01000. The molecule has 1 unspecified atom stereocenters. The molecule has 20 heavy (non-hydrogen) atoms. The molecule has 1 aromatic rings. The molecule has 1 amide bonds. The van der Waals surface area contributed by atoms with E-state index in [-0.39, 0.29) is 22.4 Å². The molecule has 7 heteroatoms. The molecule has 2 rings (SSSR count). The fraction of sp³-hybridized carbons (Fsp3) is 0.462. The third-order valence-electron chi connectivity index (χ3n) is 3.07. The lowest BCUT2D eigenvalue weighted by Gasteiger charge is -2.14. The van der Waals surface area contributed by atoms with Gasteiger partial charge < -0.3 is 15.4 Å². The molecular formula is C13H15ClF2N2O2. The maximum atomic E-state index is 12.3. The van der Waals surface area contributed by atoms with Crippen molar-refractivity contribution in [3.8, 4) is 5.75 Å². The fourth-order valence-electron chi connectivity index (χ4n) is 2.12. The maximum Gasteiger partial charge on any atom is 0.387 e.